The van der Waals surface area contributed by atoms with Gasteiger partial charge in [0.25, 0.3) is 0 Å². The number of amidine groups is 1. The van der Waals surface area contributed by atoms with E-state index in [9.17, 15) is 0 Å². The molecule has 3 nitrogen and oxygen atoms in total. The molecule has 88 valence electrons. The molecule has 3 heteroatoms. The molecule has 1 N–H and O–H groups in total. The van der Waals surface area contributed by atoms with E-state index in [0.717, 1.165) is 0 Å². The standard InChI is InChI=1S/C14H17N3/c1-5-7-8-9-10-11-12-13(15)14(16-3)17(4)6-2/h2,8-11,15H,12H2,1,3-4H3/b9-8+,11-10-,15-13?,16-14?. The molecule has 0 radical (unpaired) electrons. The van der Waals surface area contributed by atoms with E-state index in [2.05, 4.69) is 22.9 Å². The molecule has 0 amide bonds. The van der Waals surface area contributed by atoms with Crippen LogP contribution in [0.15, 0.2) is 29.3 Å². The summed E-state index contributed by atoms with van der Waals surface area (Å²) < 4.78 is 0. The molecule has 0 aromatic carbocycles. The zero-order valence-electron chi connectivity index (χ0n) is 10.5. The average Bonchev–Trinajstić information content (AvgIpc) is 2.34. The van der Waals surface area contributed by atoms with Crippen LogP contribution in [0.1, 0.15) is 13.3 Å². The lowest BCUT2D eigenvalue weighted by Crippen LogP contribution is -2.28. The van der Waals surface area contributed by atoms with Gasteiger partial charge in [0.2, 0.25) is 0 Å². The van der Waals surface area contributed by atoms with Gasteiger partial charge in [-0.2, -0.15) is 0 Å². The second kappa shape index (κ2) is 9.00. The van der Waals surface area contributed by atoms with Crippen molar-refractivity contribution in [3.63, 3.8) is 0 Å². The number of nitrogens with zero attached hydrogens (tertiary/aromatic N) is 2. The quantitative estimate of drug-likeness (QED) is 0.258. The van der Waals surface area contributed by atoms with Gasteiger partial charge in [-0.25, -0.2) is 0 Å². The van der Waals surface area contributed by atoms with E-state index in [1.54, 1.807) is 27.1 Å². The lowest BCUT2D eigenvalue weighted by atomic mass is 10.2. The van der Waals surface area contributed by atoms with E-state index in [0.29, 0.717) is 18.0 Å². The monoisotopic (exact) mass is 227 g/mol. The van der Waals surface area contributed by atoms with Crippen molar-refractivity contribution >= 4 is 11.5 Å². The molecular weight excluding hydrogens is 210 g/mol. The van der Waals surface area contributed by atoms with Gasteiger partial charge >= 0.3 is 0 Å². The minimum absolute atomic E-state index is 0.388. The largest absolute Gasteiger partial charge is 0.301 e. The van der Waals surface area contributed by atoms with Crippen molar-refractivity contribution in [1.82, 2.24) is 4.90 Å². The zero-order chi connectivity index (χ0) is 13.1. The highest BCUT2D eigenvalue weighted by Gasteiger charge is 2.07. The van der Waals surface area contributed by atoms with Gasteiger partial charge in [-0.1, -0.05) is 30.6 Å². The molecule has 0 heterocycles. The molecule has 0 atom stereocenters. The SMILES string of the molecule is C#CN(C)C(=NC)C(=N)C/C=C\C=C\C#CC. The van der Waals surface area contributed by atoms with Crippen molar-refractivity contribution in [2.24, 2.45) is 4.99 Å². The second-order valence-corrected chi connectivity index (χ2v) is 3.10. The number of hydrogen-bond donors (Lipinski definition) is 1. The van der Waals surface area contributed by atoms with Crippen LogP contribution in [0.3, 0.4) is 0 Å². The van der Waals surface area contributed by atoms with Crippen LogP contribution in [0.4, 0.5) is 0 Å². The maximum Gasteiger partial charge on any atom is 0.156 e. The van der Waals surface area contributed by atoms with Gasteiger partial charge in [0.05, 0.1) is 5.71 Å². The van der Waals surface area contributed by atoms with E-state index in [1.165, 1.54) is 4.90 Å². The van der Waals surface area contributed by atoms with Gasteiger partial charge in [0, 0.05) is 26.6 Å². The summed E-state index contributed by atoms with van der Waals surface area (Å²) in [7, 11) is 3.33. The fourth-order valence-corrected chi connectivity index (χ4v) is 1.09. The molecule has 0 saturated heterocycles. The first-order chi connectivity index (χ1) is 8.17. The fourth-order valence-electron chi connectivity index (χ4n) is 1.09. The third kappa shape index (κ3) is 6.02. The third-order valence-electron chi connectivity index (χ3n) is 1.89. The first-order valence-electron chi connectivity index (χ1n) is 5.15. The molecule has 0 saturated carbocycles. The van der Waals surface area contributed by atoms with Crippen molar-refractivity contribution in [3.8, 4) is 24.3 Å². The minimum atomic E-state index is 0.388. The first-order valence-corrected chi connectivity index (χ1v) is 5.15. The molecule has 0 fully saturated rings. The van der Waals surface area contributed by atoms with Crippen LogP contribution in [0.2, 0.25) is 0 Å². The Balaban J connectivity index is 4.35. The molecule has 0 aromatic rings. The van der Waals surface area contributed by atoms with Crippen molar-refractivity contribution in [1.29, 1.82) is 5.41 Å². The lowest BCUT2D eigenvalue weighted by Gasteiger charge is -2.13. The van der Waals surface area contributed by atoms with Crippen LogP contribution in [0.5, 0.6) is 0 Å². The summed E-state index contributed by atoms with van der Waals surface area (Å²) in [6.07, 6.45) is 13.0. The van der Waals surface area contributed by atoms with Gasteiger partial charge in [0.1, 0.15) is 0 Å². The highest BCUT2D eigenvalue weighted by molar-refractivity contribution is 6.40. The summed E-state index contributed by atoms with van der Waals surface area (Å²) >= 11 is 0. The lowest BCUT2D eigenvalue weighted by molar-refractivity contribution is 0.734. The minimum Gasteiger partial charge on any atom is -0.301 e. The van der Waals surface area contributed by atoms with Crippen LogP contribution in [-0.4, -0.2) is 30.5 Å². The van der Waals surface area contributed by atoms with Crippen molar-refractivity contribution < 1.29 is 0 Å². The summed E-state index contributed by atoms with van der Waals surface area (Å²) in [5, 5.41) is 7.82. The smallest absolute Gasteiger partial charge is 0.156 e. The Kier molecular flexibility index (Phi) is 7.80. The first kappa shape index (κ1) is 14.7. The molecule has 17 heavy (non-hydrogen) atoms. The number of hydrogen-bond acceptors (Lipinski definition) is 2. The van der Waals surface area contributed by atoms with Gasteiger partial charge in [-0.3, -0.25) is 9.89 Å². The Labute approximate surface area is 103 Å². The Morgan fingerprint density at radius 1 is 1.47 bits per heavy atom. The topological polar surface area (TPSA) is 39.5 Å². The molecule has 0 aromatic heterocycles. The summed E-state index contributed by atoms with van der Waals surface area (Å²) in [6, 6.07) is 2.42. The maximum atomic E-state index is 7.82. The second-order valence-electron chi connectivity index (χ2n) is 3.10. The highest BCUT2D eigenvalue weighted by atomic mass is 15.1. The van der Waals surface area contributed by atoms with Crippen LogP contribution in [0.25, 0.3) is 0 Å². The van der Waals surface area contributed by atoms with E-state index >= 15 is 0 Å². The molecule has 0 unspecified atom stereocenters. The Bertz CT molecular complexity index is 436. The van der Waals surface area contributed by atoms with Crippen molar-refractivity contribution in [2.75, 3.05) is 14.1 Å². The summed E-state index contributed by atoms with van der Waals surface area (Å²) in [5.41, 5.74) is 0.388. The van der Waals surface area contributed by atoms with Crippen molar-refractivity contribution in [3.05, 3.63) is 24.3 Å². The van der Waals surface area contributed by atoms with Crippen LogP contribution in [0, 0.1) is 29.7 Å². The van der Waals surface area contributed by atoms with Crippen LogP contribution >= 0.6 is 0 Å². The van der Waals surface area contributed by atoms with Gasteiger partial charge < -0.3 is 5.41 Å². The summed E-state index contributed by atoms with van der Waals surface area (Å²) in [5.74, 6) is 6.07. The average molecular weight is 227 g/mol. The fraction of sp³-hybridized carbons (Fsp3) is 0.286. The third-order valence-corrected chi connectivity index (χ3v) is 1.89. The zero-order valence-corrected chi connectivity index (χ0v) is 10.5. The van der Waals surface area contributed by atoms with Crippen molar-refractivity contribution in [2.45, 2.75) is 13.3 Å². The highest BCUT2D eigenvalue weighted by Crippen LogP contribution is 1.95. The van der Waals surface area contributed by atoms with E-state index in [1.807, 2.05) is 18.2 Å². The molecule has 0 aliphatic heterocycles. The molecule has 0 aliphatic rings. The van der Waals surface area contributed by atoms with E-state index < -0.39 is 0 Å². The Morgan fingerprint density at radius 2 is 2.18 bits per heavy atom. The number of allylic oxidation sites excluding steroid dienone is 4. The molecule has 0 rings (SSSR count). The summed E-state index contributed by atoms with van der Waals surface area (Å²) in [6.45, 7) is 1.78. The van der Waals surface area contributed by atoms with E-state index in [4.69, 9.17) is 11.8 Å². The van der Waals surface area contributed by atoms with Gasteiger partial charge in [-0.05, 0) is 13.0 Å². The predicted molar refractivity (Wildman–Crippen MR) is 74.0 cm³/mol. The van der Waals surface area contributed by atoms with E-state index in [-0.39, 0.29) is 0 Å². The Hall–Kier alpha value is -2.26. The van der Waals surface area contributed by atoms with Crippen LogP contribution in [-0.2, 0) is 0 Å². The molecule has 0 spiro atoms. The number of terminal acetylenes is 1. The number of aliphatic imine (C=N–C) groups is 1. The number of rotatable bonds is 4. The normalized spacial score (nSPS) is 11.1. The predicted octanol–water partition coefficient (Wildman–Crippen LogP) is 2.08. The molecular formula is C14H17N3. The number of nitrogens with one attached hydrogen (secondary N) is 1. The Morgan fingerprint density at radius 3 is 2.71 bits per heavy atom. The van der Waals surface area contributed by atoms with Gasteiger partial charge in [-0.15, -0.1) is 5.92 Å². The summed E-state index contributed by atoms with van der Waals surface area (Å²) in [4.78, 5) is 5.48. The molecule has 0 aliphatic carbocycles. The van der Waals surface area contributed by atoms with Gasteiger partial charge in [0.15, 0.2) is 5.84 Å². The maximum absolute atomic E-state index is 7.82. The van der Waals surface area contributed by atoms with Crippen LogP contribution < -0.4 is 0 Å². The molecule has 0 bridgehead atoms.